The molecule has 0 spiro atoms. The highest BCUT2D eigenvalue weighted by Gasteiger charge is 2.35. The van der Waals surface area contributed by atoms with E-state index in [0.29, 0.717) is 27.7 Å². The van der Waals surface area contributed by atoms with Crippen molar-refractivity contribution in [3.05, 3.63) is 93.0 Å². The maximum atomic E-state index is 14.4. The van der Waals surface area contributed by atoms with Crippen molar-refractivity contribution in [3.63, 3.8) is 0 Å². The van der Waals surface area contributed by atoms with Crippen LogP contribution >= 0.6 is 23.2 Å². The van der Waals surface area contributed by atoms with Gasteiger partial charge in [0.25, 0.3) is 10.0 Å². The van der Waals surface area contributed by atoms with E-state index in [1.54, 1.807) is 42.5 Å². The Balaban J connectivity index is 1.76. The quantitative estimate of drug-likeness (QED) is 0.233. The highest BCUT2D eigenvalue weighted by molar-refractivity contribution is 7.92. The molecule has 3 aromatic carbocycles. The molecule has 7 nitrogen and oxygen atoms in total. The Morgan fingerprint density at radius 1 is 0.909 bits per heavy atom. The van der Waals surface area contributed by atoms with Gasteiger partial charge in [0.2, 0.25) is 11.8 Å². The van der Waals surface area contributed by atoms with Gasteiger partial charge in [0, 0.05) is 28.2 Å². The smallest absolute Gasteiger partial charge is 0.264 e. The van der Waals surface area contributed by atoms with Gasteiger partial charge in [-0.25, -0.2) is 8.42 Å². The summed E-state index contributed by atoms with van der Waals surface area (Å²) in [6.07, 6.45) is 5.33. The van der Waals surface area contributed by atoms with E-state index in [-0.39, 0.29) is 23.4 Å². The molecule has 4 rings (SSSR count). The molecule has 0 heterocycles. The Morgan fingerprint density at radius 2 is 1.55 bits per heavy atom. The minimum atomic E-state index is -4.16. The maximum Gasteiger partial charge on any atom is 0.264 e. The van der Waals surface area contributed by atoms with Gasteiger partial charge in [0.15, 0.2) is 0 Å². The molecule has 10 heteroatoms. The third-order valence-corrected chi connectivity index (χ3v) is 10.9. The second-order valence-electron chi connectivity index (χ2n) is 11.6. The van der Waals surface area contributed by atoms with E-state index in [9.17, 15) is 18.0 Å². The summed E-state index contributed by atoms with van der Waals surface area (Å²) in [5.74, 6) is -0.810. The summed E-state index contributed by atoms with van der Waals surface area (Å²) in [7, 11) is -4.16. The van der Waals surface area contributed by atoms with Crippen LogP contribution in [0.25, 0.3) is 0 Å². The number of rotatable bonds is 11. The average Bonchev–Trinajstić information content (AvgIpc) is 2.99. The molecule has 0 aliphatic heterocycles. The Morgan fingerprint density at radius 3 is 2.14 bits per heavy atom. The van der Waals surface area contributed by atoms with E-state index in [0.717, 1.165) is 53.1 Å². The monoisotopic (exact) mass is 657 g/mol. The first-order chi connectivity index (χ1) is 20.9. The molecule has 3 aromatic rings. The summed E-state index contributed by atoms with van der Waals surface area (Å²) in [5, 5.41) is 3.86. The van der Waals surface area contributed by atoms with Crippen molar-refractivity contribution in [3.8, 4) is 0 Å². The van der Waals surface area contributed by atoms with Crippen LogP contribution in [0.3, 0.4) is 0 Å². The molecule has 0 unspecified atom stereocenters. The molecule has 1 fully saturated rings. The SMILES string of the molecule is CC[C@@H](C(=O)NC1CCCCC1)N(Cc1c(Cl)cccc1Cl)C(=O)CN(c1ccc(C)c(C)c1)S(=O)(=O)c1ccc(C)cc1. The van der Waals surface area contributed by atoms with Crippen LogP contribution in [0, 0.1) is 20.8 Å². The Labute approximate surface area is 271 Å². The van der Waals surface area contributed by atoms with Crippen LogP contribution in [-0.2, 0) is 26.2 Å². The van der Waals surface area contributed by atoms with E-state index >= 15 is 0 Å². The van der Waals surface area contributed by atoms with E-state index < -0.39 is 28.5 Å². The number of halogens is 2. The molecule has 2 amide bonds. The number of aryl methyl sites for hydroxylation is 3. The van der Waals surface area contributed by atoms with E-state index in [4.69, 9.17) is 23.2 Å². The topological polar surface area (TPSA) is 86.8 Å². The lowest BCUT2D eigenvalue weighted by atomic mass is 9.95. The molecular weight excluding hydrogens is 617 g/mol. The van der Waals surface area contributed by atoms with E-state index in [1.165, 1.54) is 17.0 Å². The zero-order chi connectivity index (χ0) is 32.0. The van der Waals surface area contributed by atoms with Crippen LogP contribution in [0.4, 0.5) is 5.69 Å². The molecule has 0 radical (unpaired) electrons. The minimum absolute atomic E-state index is 0.0418. The van der Waals surface area contributed by atoms with Crippen molar-refractivity contribution >= 4 is 50.7 Å². The van der Waals surface area contributed by atoms with Crippen LogP contribution in [0.15, 0.2) is 65.6 Å². The lowest BCUT2D eigenvalue weighted by Crippen LogP contribution is -2.54. The largest absolute Gasteiger partial charge is 0.352 e. The van der Waals surface area contributed by atoms with Crippen molar-refractivity contribution in [2.45, 2.75) is 89.7 Å². The summed E-state index contributed by atoms with van der Waals surface area (Å²) >= 11 is 13.1. The number of carbonyl (C=O) groups is 2. The molecular formula is C34H41Cl2N3O4S. The van der Waals surface area contributed by atoms with Gasteiger partial charge in [-0.2, -0.15) is 0 Å². The number of hydrogen-bond donors (Lipinski definition) is 1. The summed E-state index contributed by atoms with van der Waals surface area (Å²) in [6.45, 7) is 6.97. The summed E-state index contributed by atoms with van der Waals surface area (Å²) in [6, 6.07) is 16.1. The first-order valence-electron chi connectivity index (χ1n) is 15.1. The summed E-state index contributed by atoms with van der Waals surface area (Å²) in [4.78, 5) is 29.6. The van der Waals surface area contributed by atoms with Crippen LogP contribution in [0.1, 0.15) is 67.7 Å². The normalized spacial score (nSPS) is 14.6. The van der Waals surface area contributed by atoms with Crippen molar-refractivity contribution in [1.29, 1.82) is 0 Å². The Hall–Kier alpha value is -3.07. The number of carbonyl (C=O) groups excluding carboxylic acids is 2. The molecule has 0 bridgehead atoms. The maximum absolute atomic E-state index is 14.4. The zero-order valence-corrected chi connectivity index (χ0v) is 28.1. The van der Waals surface area contributed by atoms with Gasteiger partial charge < -0.3 is 10.2 Å². The molecule has 1 aliphatic rings. The highest BCUT2D eigenvalue weighted by atomic mass is 35.5. The van der Waals surface area contributed by atoms with Gasteiger partial charge in [-0.15, -0.1) is 0 Å². The van der Waals surface area contributed by atoms with Crippen molar-refractivity contribution in [2.24, 2.45) is 0 Å². The van der Waals surface area contributed by atoms with Gasteiger partial charge in [0.05, 0.1) is 10.6 Å². The predicted molar refractivity (Wildman–Crippen MR) is 178 cm³/mol. The van der Waals surface area contributed by atoms with E-state index in [2.05, 4.69) is 5.32 Å². The van der Waals surface area contributed by atoms with Crippen LogP contribution in [0.5, 0.6) is 0 Å². The van der Waals surface area contributed by atoms with Crippen molar-refractivity contribution < 1.29 is 18.0 Å². The van der Waals surface area contributed by atoms with Gasteiger partial charge in [-0.05, 0) is 87.6 Å². The molecule has 236 valence electrons. The summed E-state index contributed by atoms with van der Waals surface area (Å²) < 4.78 is 29.4. The second-order valence-corrected chi connectivity index (χ2v) is 14.3. The summed E-state index contributed by atoms with van der Waals surface area (Å²) in [5.41, 5.74) is 3.64. The fourth-order valence-corrected chi connectivity index (χ4v) is 7.49. The number of nitrogens with zero attached hydrogens (tertiary/aromatic N) is 2. The predicted octanol–water partition coefficient (Wildman–Crippen LogP) is 7.37. The third kappa shape index (κ3) is 7.95. The lowest BCUT2D eigenvalue weighted by molar-refractivity contribution is -0.140. The number of amides is 2. The minimum Gasteiger partial charge on any atom is -0.352 e. The van der Waals surface area contributed by atoms with Gasteiger partial charge in [0.1, 0.15) is 12.6 Å². The highest BCUT2D eigenvalue weighted by Crippen LogP contribution is 2.30. The molecule has 0 aromatic heterocycles. The van der Waals surface area contributed by atoms with Crippen LogP contribution in [-0.4, -0.2) is 43.8 Å². The van der Waals surface area contributed by atoms with Crippen molar-refractivity contribution in [2.75, 3.05) is 10.8 Å². The molecule has 1 aliphatic carbocycles. The third-order valence-electron chi connectivity index (χ3n) is 8.39. The lowest BCUT2D eigenvalue weighted by Gasteiger charge is -2.35. The fraction of sp³-hybridized carbons (Fsp3) is 0.412. The zero-order valence-electron chi connectivity index (χ0n) is 25.8. The van der Waals surface area contributed by atoms with Crippen LogP contribution < -0.4 is 9.62 Å². The molecule has 1 saturated carbocycles. The number of nitrogens with one attached hydrogen (secondary N) is 1. The first-order valence-corrected chi connectivity index (χ1v) is 17.3. The van der Waals surface area contributed by atoms with Crippen molar-refractivity contribution in [1.82, 2.24) is 10.2 Å². The van der Waals surface area contributed by atoms with Gasteiger partial charge >= 0.3 is 0 Å². The molecule has 0 saturated heterocycles. The van der Waals surface area contributed by atoms with Gasteiger partial charge in [-0.1, -0.05) is 79.2 Å². The fourth-order valence-electron chi connectivity index (χ4n) is 5.56. The van der Waals surface area contributed by atoms with E-state index in [1.807, 2.05) is 33.8 Å². The first kappa shape index (κ1) is 33.8. The number of hydrogen-bond acceptors (Lipinski definition) is 4. The van der Waals surface area contributed by atoms with Gasteiger partial charge in [-0.3, -0.25) is 13.9 Å². The number of benzene rings is 3. The Bertz CT molecular complexity index is 1570. The molecule has 1 atom stereocenters. The second kappa shape index (κ2) is 14.8. The Kier molecular flexibility index (Phi) is 11.4. The average molecular weight is 659 g/mol. The molecule has 44 heavy (non-hydrogen) atoms. The number of anilines is 1. The van der Waals surface area contributed by atoms with Crippen LogP contribution in [0.2, 0.25) is 10.0 Å². The standard InChI is InChI=1S/C34H41Cl2N3O4S/c1-5-32(34(41)37-26-10-7-6-8-11-26)38(21-29-30(35)12-9-13-31(29)36)33(40)22-39(27-17-16-24(3)25(4)20-27)44(42,43)28-18-14-23(2)15-19-28/h9,12-20,26,32H,5-8,10-11,21-22H2,1-4H3,(H,37,41)/t32-/m0/s1. The molecule has 1 N–H and O–H groups in total. The number of sulfonamides is 1.